The molecule has 2 heterocycles. The molecule has 0 unspecified atom stereocenters. The fourth-order valence-corrected chi connectivity index (χ4v) is 5.35. The second-order valence-electron chi connectivity index (χ2n) is 8.71. The number of carbonyl (C=O) groups is 1. The summed E-state index contributed by atoms with van der Waals surface area (Å²) in [6.07, 6.45) is 6.64. The molecule has 2 saturated heterocycles. The fraction of sp³-hybridized carbons (Fsp3) is 0.682. The van der Waals surface area contributed by atoms with Crippen LogP contribution >= 0.6 is 0 Å². The number of piperidine rings is 1. The lowest BCUT2D eigenvalue weighted by Gasteiger charge is -2.49. The molecule has 1 saturated carbocycles. The third kappa shape index (κ3) is 3.41. The Morgan fingerprint density at radius 2 is 1.73 bits per heavy atom. The van der Waals surface area contributed by atoms with E-state index in [0.717, 1.165) is 45.8 Å². The number of amides is 1. The van der Waals surface area contributed by atoms with Gasteiger partial charge in [-0.25, -0.2) is 0 Å². The Morgan fingerprint density at radius 3 is 2.42 bits per heavy atom. The molecule has 0 aromatic heterocycles. The topological polar surface area (TPSA) is 32.8 Å². The van der Waals surface area contributed by atoms with Gasteiger partial charge in [-0.15, -0.1) is 0 Å². The maximum Gasteiger partial charge on any atom is 0.222 e. The molecule has 2 aliphatic heterocycles. The van der Waals surface area contributed by atoms with Crippen LogP contribution in [0.15, 0.2) is 30.3 Å². The summed E-state index contributed by atoms with van der Waals surface area (Å²) in [6, 6.07) is 10.8. The monoisotopic (exact) mass is 356 g/mol. The van der Waals surface area contributed by atoms with Crippen molar-refractivity contribution in [3.63, 3.8) is 0 Å². The minimum Gasteiger partial charge on any atom is -0.379 e. The minimum atomic E-state index is 0.0694. The Morgan fingerprint density at radius 1 is 1.04 bits per heavy atom. The van der Waals surface area contributed by atoms with Crippen LogP contribution in [0.3, 0.4) is 0 Å². The van der Waals surface area contributed by atoms with Crippen LogP contribution in [0.4, 0.5) is 0 Å². The molecule has 1 atom stereocenters. The SMILES string of the molecule is C[C@]1(c2ccccc2)CCC(=O)N(CC2(N3CCOCC3)CCCC2)C1. The van der Waals surface area contributed by atoms with Gasteiger partial charge in [-0.2, -0.15) is 0 Å². The maximum atomic E-state index is 12.8. The molecule has 4 nitrogen and oxygen atoms in total. The van der Waals surface area contributed by atoms with Crippen LogP contribution in [0.1, 0.15) is 51.0 Å². The van der Waals surface area contributed by atoms with E-state index in [-0.39, 0.29) is 11.0 Å². The average Bonchev–Trinajstić information content (AvgIpc) is 3.16. The van der Waals surface area contributed by atoms with Crippen molar-refractivity contribution in [3.8, 4) is 0 Å². The van der Waals surface area contributed by atoms with Crippen LogP contribution in [0, 0.1) is 0 Å². The quantitative estimate of drug-likeness (QED) is 0.830. The molecule has 0 bridgehead atoms. The van der Waals surface area contributed by atoms with Crippen LogP contribution in [-0.2, 0) is 14.9 Å². The van der Waals surface area contributed by atoms with E-state index in [4.69, 9.17) is 4.74 Å². The van der Waals surface area contributed by atoms with Crippen LogP contribution in [0.2, 0.25) is 0 Å². The first kappa shape index (κ1) is 18.0. The molecule has 4 rings (SSSR count). The fourth-order valence-electron chi connectivity index (χ4n) is 5.35. The van der Waals surface area contributed by atoms with Gasteiger partial charge in [0.15, 0.2) is 0 Å². The number of hydrogen-bond donors (Lipinski definition) is 0. The molecule has 0 N–H and O–H groups in total. The molecule has 1 amide bonds. The van der Waals surface area contributed by atoms with Crippen molar-refractivity contribution in [2.75, 3.05) is 39.4 Å². The minimum absolute atomic E-state index is 0.0694. The van der Waals surface area contributed by atoms with Gasteiger partial charge >= 0.3 is 0 Å². The summed E-state index contributed by atoms with van der Waals surface area (Å²) in [4.78, 5) is 17.6. The highest BCUT2D eigenvalue weighted by molar-refractivity contribution is 5.77. The zero-order valence-corrected chi connectivity index (χ0v) is 16.1. The normalized spacial score (nSPS) is 29.9. The molecule has 1 aromatic rings. The Hall–Kier alpha value is -1.39. The molecule has 0 radical (unpaired) electrons. The summed E-state index contributed by atoms with van der Waals surface area (Å²) in [5, 5.41) is 0. The summed E-state index contributed by atoms with van der Waals surface area (Å²) in [6.45, 7) is 7.76. The predicted octanol–water partition coefficient (Wildman–Crippen LogP) is 3.21. The van der Waals surface area contributed by atoms with Crippen molar-refractivity contribution in [1.82, 2.24) is 9.80 Å². The van der Waals surface area contributed by atoms with E-state index < -0.39 is 0 Å². The first-order chi connectivity index (χ1) is 12.6. The van der Waals surface area contributed by atoms with Gasteiger partial charge < -0.3 is 9.64 Å². The Labute approximate surface area is 157 Å². The van der Waals surface area contributed by atoms with E-state index in [1.807, 2.05) is 0 Å². The highest BCUT2D eigenvalue weighted by Gasteiger charge is 2.45. The number of carbonyl (C=O) groups excluding carboxylic acids is 1. The average molecular weight is 357 g/mol. The summed E-state index contributed by atoms with van der Waals surface area (Å²) < 4.78 is 5.58. The van der Waals surface area contributed by atoms with Gasteiger partial charge in [-0.05, 0) is 24.8 Å². The number of morpholine rings is 1. The third-order valence-corrected chi connectivity index (χ3v) is 6.96. The maximum absolute atomic E-state index is 12.8. The second-order valence-corrected chi connectivity index (χ2v) is 8.71. The number of nitrogens with zero attached hydrogens (tertiary/aromatic N) is 2. The zero-order chi connectivity index (χ0) is 18.0. The van der Waals surface area contributed by atoms with Gasteiger partial charge in [0.05, 0.1) is 13.2 Å². The molecule has 3 aliphatic rings. The van der Waals surface area contributed by atoms with E-state index in [0.29, 0.717) is 12.3 Å². The Kier molecular flexibility index (Phi) is 5.07. The molecule has 26 heavy (non-hydrogen) atoms. The Bertz CT molecular complexity index is 620. The first-order valence-corrected chi connectivity index (χ1v) is 10.3. The van der Waals surface area contributed by atoms with Crippen molar-refractivity contribution in [1.29, 1.82) is 0 Å². The van der Waals surface area contributed by atoms with E-state index >= 15 is 0 Å². The van der Waals surface area contributed by atoms with E-state index in [1.165, 1.54) is 31.2 Å². The molecule has 142 valence electrons. The van der Waals surface area contributed by atoms with Crippen LogP contribution < -0.4 is 0 Å². The standard InChI is InChI=1S/C22H32N2O2/c1-21(19-7-3-2-4-8-19)12-9-20(25)23(17-21)18-22(10-5-6-11-22)24-13-15-26-16-14-24/h2-4,7-8H,5-6,9-18H2,1H3/t21-/m0/s1. The summed E-state index contributed by atoms with van der Waals surface area (Å²) in [5.41, 5.74) is 1.61. The van der Waals surface area contributed by atoms with Crippen molar-refractivity contribution < 1.29 is 9.53 Å². The number of ether oxygens (including phenoxy) is 1. The van der Waals surface area contributed by atoms with Gasteiger partial charge in [0.25, 0.3) is 0 Å². The van der Waals surface area contributed by atoms with Crippen molar-refractivity contribution in [2.45, 2.75) is 56.4 Å². The van der Waals surface area contributed by atoms with E-state index in [9.17, 15) is 4.79 Å². The van der Waals surface area contributed by atoms with Crippen molar-refractivity contribution in [3.05, 3.63) is 35.9 Å². The van der Waals surface area contributed by atoms with E-state index in [1.54, 1.807) is 0 Å². The number of rotatable bonds is 4. The van der Waals surface area contributed by atoms with Gasteiger partial charge in [0.2, 0.25) is 5.91 Å². The molecular weight excluding hydrogens is 324 g/mol. The summed E-state index contributed by atoms with van der Waals surface area (Å²) >= 11 is 0. The zero-order valence-electron chi connectivity index (χ0n) is 16.1. The van der Waals surface area contributed by atoms with Gasteiger partial charge in [-0.1, -0.05) is 50.1 Å². The first-order valence-electron chi connectivity index (χ1n) is 10.3. The Balaban J connectivity index is 1.54. The number of hydrogen-bond acceptors (Lipinski definition) is 3. The molecular formula is C22H32N2O2. The molecule has 1 aliphatic carbocycles. The lowest BCUT2D eigenvalue weighted by atomic mass is 9.75. The van der Waals surface area contributed by atoms with Gasteiger partial charge in [0.1, 0.15) is 0 Å². The largest absolute Gasteiger partial charge is 0.379 e. The van der Waals surface area contributed by atoms with Crippen LogP contribution in [0.5, 0.6) is 0 Å². The highest BCUT2D eigenvalue weighted by atomic mass is 16.5. The van der Waals surface area contributed by atoms with Crippen LogP contribution in [0.25, 0.3) is 0 Å². The van der Waals surface area contributed by atoms with Gasteiger partial charge in [0, 0.05) is 43.6 Å². The smallest absolute Gasteiger partial charge is 0.222 e. The van der Waals surface area contributed by atoms with Crippen molar-refractivity contribution >= 4 is 5.91 Å². The molecule has 3 fully saturated rings. The van der Waals surface area contributed by atoms with E-state index in [2.05, 4.69) is 47.1 Å². The lowest BCUT2D eigenvalue weighted by Crippen LogP contribution is -2.60. The number of likely N-dealkylation sites (tertiary alicyclic amines) is 1. The predicted molar refractivity (Wildman–Crippen MR) is 103 cm³/mol. The van der Waals surface area contributed by atoms with Gasteiger partial charge in [-0.3, -0.25) is 9.69 Å². The van der Waals surface area contributed by atoms with Crippen molar-refractivity contribution in [2.24, 2.45) is 0 Å². The molecule has 4 heteroatoms. The molecule has 1 aromatic carbocycles. The lowest BCUT2D eigenvalue weighted by molar-refractivity contribution is -0.138. The molecule has 0 spiro atoms. The summed E-state index contributed by atoms with van der Waals surface area (Å²) in [5.74, 6) is 0.345. The summed E-state index contributed by atoms with van der Waals surface area (Å²) in [7, 11) is 0. The third-order valence-electron chi connectivity index (χ3n) is 6.96. The second kappa shape index (κ2) is 7.32. The number of benzene rings is 1. The van der Waals surface area contributed by atoms with Crippen LogP contribution in [-0.4, -0.2) is 60.6 Å². The highest BCUT2D eigenvalue weighted by Crippen LogP contribution is 2.40.